The van der Waals surface area contributed by atoms with Crippen LogP contribution in [0.25, 0.3) is 0 Å². The van der Waals surface area contributed by atoms with Crippen LogP contribution in [0.5, 0.6) is 0 Å². The van der Waals surface area contributed by atoms with Gasteiger partial charge in [0.2, 0.25) is 0 Å². The van der Waals surface area contributed by atoms with E-state index in [4.69, 9.17) is 0 Å². The van der Waals surface area contributed by atoms with Crippen LogP contribution in [0.1, 0.15) is 50.4 Å². The van der Waals surface area contributed by atoms with Crippen molar-refractivity contribution in [2.24, 2.45) is 5.92 Å². The monoisotopic (exact) mass is 319 g/mol. The van der Waals surface area contributed by atoms with E-state index < -0.39 is 4.92 Å². The molecule has 0 aromatic heterocycles. The highest BCUT2D eigenvalue weighted by Crippen LogP contribution is 2.31. The Labute approximate surface area is 137 Å². The van der Waals surface area contributed by atoms with Crippen molar-refractivity contribution in [1.29, 1.82) is 0 Å². The van der Waals surface area contributed by atoms with Crippen molar-refractivity contribution in [2.45, 2.75) is 46.1 Å². The van der Waals surface area contributed by atoms with Gasteiger partial charge in [-0.3, -0.25) is 14.9 Å². The number of hydrogen-bond acceptors (Lipinski definition) is 4. The lowest BCUT2D eigenvalue weighted by atomic mass is 10.0. The molecule has 1 aliphatic heterocycles. The minimum Gasteiger partial charge on any atom is -0.366 e. The Balaban J connectivity index is 2.25. The maximum Gasteiger partial charge on any atom is 0.293 e. The van der Waals surface area contributed by atoms with Crippen molar-refractivity contribution >= 4 is 17.3 Å². The standard InChI is InChI=1S/C17H25N3O3/c1-12(2)13(3)18-17(21)14-7-8-15(16(11-14)20(22)23)19-9-5-4-6-10-19/h7-8,11-13H,4-6,9-10H2,1-3H3,(H,18,21)/t13-/m1/s1. The molecule has 2 rings (SSSR count). The second-order valence-electron chi connectivity index (χ2n) is 6.51. The maximum atomic E-state index is 12.3. The Kier molecular flexibility index (Phi) is 5.58. The number of hydrogen-bond donors (Lipinski definition) is 1. The molecule has 1 saturated heterocycles. The van der Waals surface area contributed by atoms with Gasteiger partial charge in [-0.15, -0.1) is 0 Å². The normalized spacial score (nSPS) is 16.3. The summed E-state index contributed by atoms with van der Waals surface area (Å²) in [5.41, 5.74) is 0.963. The molecule has 1 fully saturated rings. The van der Waals surface area contributed by atoms with Crippen LogP contribution in [0.3, 0.4) is 0 Å². The van der Waals surface area contributed by atoms with Crippen LogP contribution in [0, 0.1) is 16.0 Å². The van der Waals surface area contributed by atoms with Crippen LogP contribution in [-0.4, -0.2) is 30.0 Å². The Bertz CT molecular complexity index is 580. The van der Waals surface area contributed by atoms with E-state index in [1.807, 2.05) is 25.7 Å². The SMILES string of the molecule is CC(C)[C@@H](C)NC(=O)c1ccc(N2CCCCC2)c([N+](=O)[O-])c1. The molecule has 1 heterocycles. The summed E-state index contributed by atoms with van der Waals surface area (Å²) in [5, 5.41) is 14.3. The van der Waals surface area contributed by atoms with Crippen LogP contribution in [0.15, 0.2) is 18.2 Å². The molecule has 0 unspecified atom stereocenters. The Morgan fingerprint density at radius 2 is 1.87 bits per heavy atom. The lowest BCUT2D eigenvalue weighted by Crippen LogP contribution is -2.36. The summed E-state index contributed by atoms with van der Waals surface area (Å²) >= 11 is 0. The van der Waals surface area contributed by atoms with Crippen molar-refractivity contribution in [3.05, 3.63) is 33.9 Å². The third-order valence-corrected chi connectivity index (χ3v) is 4.49. The maximum absolute atomic E-state index is 12.3. The molecule has 0 radical (unpaired) electrons. The average Bonchev–Trinajstić information content (AvgIpc) is 2.54. The fourth-order valence-electron chi connectivity index (χ4n) is 2.67. The number of carbonyl (C=O) groups excluding carboxylic acids is 1. The number of nitro groups is 1. The minimum atomic E-state index is -0.396. The molecule has 1 aromatic rings. The van der Waals surface area contributed by atoms with Crippen molar-refractivity contribution in [2.75, 3.05) is 18.0 Å². The van der Waals surface area contributed by atoms with E-state index in [0.29, 0.717) is 17.2 Å². The fourth-order valence-corrected chi connectivity index (χ4v) is 2.67. The summed E-state index contributed by atoms with van der Waals surface area (Å²) in [6.07, 6.45) is 3.26. The molecular weight excluding hydrogens is 294 g/mol. The molecule has 0 aliphatic carbocycles. The second kappa shape index (κ2) is 7.44. The zero-order chi connectivity index (χ0) is 17.0. The number of nitrogens with one attached hydrogen (secondary N) is 1. The van der Waals surface area contributed by atoms with Crippen LogP contribution in [0.4, 0.5) is 11.4 Å². The topological polar surface area (TPSA) is 75.5 Å². The molecular formula is C17H25N3O3. The Hall–Kier alpha value is -2.11. The van der Waals surface area contributed by atoms with Crippen LogP contribution in [0.2, 0.25) is 0 Å². The molecule has 1 atom stereocenters. The molecule has 1 aliphatic rings. The summed E-state index contributed by atoms with van der Waals surface area (Å²) < 4.78 is 0. The minimum absolute atomic E-state index is 0.0109. The van der Waals surface area contributed by atoms with Crippen LogP contribution in [-0.2, 0) is 0 Å². The van der Waals surface area contributed by atoms with Gasteiger partial charge in [0.15, 0.2) is 0 Å². The molecule has 1 N–H and O–H groups in total. The summed E-state index contributed by atoms with van der Waals surface area (Å²) in [7, 11) is 0. The van der Waals surface area contributed by atoms with Gasteiger partial charge >= 0.3 is 0 Å². The Morgan fingerprint density at radius 1 is 1.22 bits per heavy atom. The molecule has 6 heteroatoms. The van der Waals surface area contributed by atoms with Gasteiger partial charge < -0.3 is 10.2 Å². The van der Waals surface area contributed by atoms with Crippen molar-refractivity contribution in [3.63, 3.8) is 0 Å². The second-order valence-corrected chi connectivity index (χ2v) is 6.51. The van der Waals surface area contributed by atoms with Gasteiger partial charge in [0, 0.05) is 30.8 Å². The zero-order valence-corrected chi connectivity index (χ0v) is 14.0. The van der Waals surface area contributed by atoms with Gasteiger partial charge in [-0.25, -0.2) is 0 Å². The van der Waals surface area contributed by atoms with Crippen molar-refractivity contribution in [1.82, 2.24) is 5.32 Å². The van der Waals surface area contributed by atoms with E-state index in [-0.39, 0.29) is 17.6 Å². The lowest BCUT2D eigenvalue weighted by molar-refractivity contribution is -0.384. The molecule has 0 spiro atoms. The molecule has 0 bridgehead atoms. The molecule has 23 heavy (non-hydrogen) atoms. The molecule has 1 aromatic carbocycles. The zero-order valence-electron chi connectivity index (χ0n) is 14.0. The number of nitro benzene ring substituents is 1. The van der Waals surface area contributed by atoms with Gasteiger partial charge in [0.25, 0.3) is 11.6 Å². The highest BCUT2D eigenvalue weighted by molar-refractivity contribution is 5.96. The number of benzene rings is 1. The van der Waals surface area contributed by atoms with E-state index in [1.165, 1.54) is 6.07 Å². The summed E-state index contributed by atoms with van der Waals surface area (Å²) in [6.45, 7) is 7.63. The van der Waals surface area contributed by atoms with E-state index >= 15 is 0 Å². The summed E-state index contributed by atoms with van der Waals surface area (Å²) in [5.74, 6) is 0.0426. The van der Waals surface area contributed by atoms with E-state index in [9.17, 15) is 14.9 Å². The fraction of sp³-hybridized carbons (Fsp3) is 0.588. The smallest absolute Gasteiger partial charge is 0.293 e. The number of amides is 1. The summed E-state index contributed by atoms with van der Waals surface area (Å²) in [4.78, 5) is 25.3. The van der Waals surface area contributed by atoms with E-state index in [0.717, 1.165) is 32.4 Å². The van der Waals surface area contributed by atoms with Crippen molar-refractivity contribution < 1.29 is 9.72 Å². The number of piperidine rings is 1. The highest BCUT2D eigenvalue weighted by Gasteiger charge is 2.23. The number of rotatable bonds is 5. The van der Waals surface area contributed by atoms with E-state index in [1.54, 1.807) is 12.1 Å². The average molecular weight is 319 g/mol. The van der Waals surface area contributed by atoms with Gasteiger partial charge in [-0.05, 0) is 44.2 Å². The number of carbonyl (C=O) groups is 1. The molecule has 0 saturated carbocycles. The Morgan fingerprint density at radius 3 is 2.43 bits per heavy atom. The quantitative estimate of drug-likeness (QED) is 0.667. The van der Waals surface area contributed by atoms with Crippen LogP contribution < -0.4 is 10.2 Å². The first-order valence-electron chi connectivity index (χ1n) is 8.24. The molecule has 1 amide bonds. The van der Waals surface area contributed by atoms with Gasteiger partial charge in [0.05, 0.1) is 4.92 Å². The van der Waals surface area contributed by atoms with Gasteiger partial charge in [0.1, 0.15) is 5.69 Å². The third kappa shape index (κ3) is 4.21. The van der Waals surface area contributed by atoms with Crippen molar-refractivity contribution in [3.8, 4) is 0 Å². The first-order chi connectivity index (χ1) is 10.9. The lowest BCUT2D eigenvalue weighted by Gasteiger charge is -2.28. The van der Waals surface area contributed by atoms with Gasteiger partial charge in [-0.2, -0.15) is 0 Å². The predicted molar refractivity (Wildman–Crippen MR) is 90.9 cm³/mol. The highest BCUT2D eigenvalue weighted by atomic mass is 16.6. The third-order valence-electron chi connectivity index (χ3n) is 4.49. The predicted octanol–water partition coefficient (Wildman–Crippen LogP) is 3.36. The molecule has 126 valence electrons. The first-order valence-corrected chi connectivity index (χ1v) is 8.24. The number of anilines is 1. The number of nitrogens with zero attached hydrogens (tertiary/aromatic N) is 2. The molecule has 6 nitrogen and oxygen atoms in total. The largest absolute Gasteiger partial charge is 0.366 e. The summed E-state index contributed by atoms with van der Waals surface area (Å²) in [6, 6.07) is 4.80. The first kappa shape index (κ1) is 17.2. The van der Waals surface area contributed by atoms with Gasteiger partial charge in [-0.1, -0.05) is 13.8 Å². The van der Waals surface area contributed by atoms with Crippen LogP contribution >= 0.6 is 0 Å². The van der Waals surface area contributed by atoms with E-state index in [2.05, 4.69) is 5.32 Å².